The summed E-state index contributed by atoms with van der Waals surface area (Å²) < 4.78 is 20.4. The monoisotopic (exact) mass is 478 g/mol. The molecule has 0 bridgehead atoms. The van der Waals surface area contributed by atoms with Crippen LogP contribution in [-0.2, 0) is 19.8 Å². The van der Waals surface area contributed by atoms with Crippen molar-refractivity contribution in [3.63, 3.8) is 0 Å². The molecule has 5 rings (SSSR count). The molecular formula is C25H20ClFN4OS. The maximum Gasteiger partial charge on any atom is 0.251 e. The number of rotatable bonds is 4. The number of hydrogen-bond acceptors (Lipinski definition) is 4. The fourth-order valence-electron chi connectivity index (χ4n) is 4.11. The fourth-order valence-corrected chi connectivity index (χ4v) is 5.17. The summed E-state index contributed by atoms with van der Waals surface area (Å²) in [5.41, 5.74) is 1.21. The summed E-state index contributed by atoms with van der Waals surface area (Å²) in [6.45, 7) is 2.01. The maximum atomic E-state index is 17.2. The van der Waals surface area contributed by atoms with Crippen molar-refractivity contribution in [1.82, 2.24) is 19.1 Å². The van der Waals surface area contributed by atoms with Crippen molar-refractivity contribution in [2.45, 2.75) is 12.6 Å². The number of thiophene rings is 1. The Morgan fingerprint density at radius 3 is 2.48 bits per heavy atom. The first kappa shape index (κ1) is 21.6. The molecule has 0 N–H and O–H groups in total. The summed E-state index contributed by atoms with van der Waals surface area (Å²) in [6, 6.07) is 12.0. The Bertz CT molecular complexity index is 1550. The number of alkyl halides is 1. The van der Waals surface area contributed by atoms with Crippen LogP contribution in [0.4, 0.5) is 4.39 Å². The Morgan fingerprint density at radius 2 is 1.85 bits per heavy atom. The third-order valence-electron chi connectivity index (χ3n) is 5.89. The molecule has 0 unspecified atom stereocenters. The number of pyridine rings is 2. The molecule has 0 radical (unpaired) electrons. The van der Waals surface area contributed by atoms with E-state index in [1.165, 1.54) is 10.8 Å². The van der Waals surface area contributed by atoms with E-state index in [1.807, 2.05) is 18.4 Å². The highest BCUT2D eigenvalue weighted by Gasteiger charge is 2.41. The van der Waals surface area contributed by atoms with E-state index in [4.69, 9.17) is 11.6 Å². The molecule has 4 heterocycles. The van der Waals surface area contributed by atoms with E-state index in [2.05, 4.69) is 9.97 Å². The summed E-state index contributed by atoms with van der Waals surface area (Å²) in [4.78, 5) is 22.2. The molecule has 166 valence electrons. The molecule has 1 aromatic carbocycles. The van der Waals surface area contributed by atoms with Crippen molar-refractivity contribution in [3.8, 4) is 10.4 Å². The molecule has 5 nitrogen and oxygen atoms in total. The Kier molecular flexibility index (Phi) is 5.18. The minimum atomic E-state index is -2.08. The molecule has 5 aromatic rings. The first-order chi connectivity index (χ1) is 15.8. The Morgan fingerprint density at radius 1 is 1.09 bits per heavy atom. The van der Waals surface area contributed by atoms with Crippen molar-refractivity contribution in [1.29, 1.82) is 0 Å². The molecule has 0 aliphatic heterocycles. The Hall–Kier alpha value is -3.29. The highest BCUT2D eigenvalue weighted by Crippen LogP contribution is 2.41. The second-order valence-electron chi connectivity index (χ2n) is 8.09. The number of hydrogen-bond donors (Lipinski definition) is 0. The summed E-state index contributed by atoms with van der Waals surface area (Å²) in [7, 11) is 3.44. The highest BCUT2D eigenvalue weighted by molar-refractivity contribution is 7.13. The summed E-state index contributed by atoms with van der Waals surface area (Å²) in [6.07, 6.45) is 4.63. The van der Waals surface area contributed by atoms with E-state index in [1.54, 1.807) is 78.9 Å². The van der Waals surface area contributed by atoms with Crippen LogP contribution in [0.15, 0.2) is 71.4 Å². The SMILES string of the molecule is Cc1csc(-c2cc(=O)n(C)c3cnc([C@](F)(c4ccc(Cl)cc4)c4cncn4C)cc23)c1. The van der Waals surface area contributed by atoms with Crippen LogP contribution in [0.5, 0.6) is 0 Å². The van der Waals surface area contributed by atoms with Gasteiger partial charge in [-0.15, -0.1) is 11.3 Å². The number of aryl methyl sites for hydroxylation is 3. The zero-order chi connectivity index (χ0) is 23.3. The fraction of sp³-hybridized carbons (Fsp3) is 0.160. The summed E-state index contributed by atoms with van der Waals surface area (Å²) >= 11 is 7.63. The lowest BCUT2D eigenvalue weighted by atomic mass is 9.87. The predicted molar refractivity (Wildman–Crippen MR) is 131 cm³/mol. The molecule has 4 aromatic heterocycles. The van der Waals surface area contributed by atoms with Gasteiger partial charge in [0.15, 0.2) is 0 Å². The van der Waals surface area contributed by atoms with Crippen LogP contribution < -0.4 is 5.56 Å². The van der Waals surface area contributed by atoms with Crippen LogP contribution in [0, 0.1) is 6.92 Å². The van der Waals surface area contributed by atoms with Crippen LogP contribution in [0.3, 0.4) is 0 Å². The lowest BCUT2D eigenvalue weighted by Gasteiger charge is -2.26. The molecule has 0 aliphatic rings. The molecule has 0 fully saturated rings. The molecule has 0 aliphatic carbocycles. The van der Waals surface area contributed by atoms with Crippen LogP contribution in [-0.4, -0.2) is 19.1 Å². The number of imidazole rings is 1. The number of halogens is 2. The first-order valence-corrected chi connectivity index (χ1v) is 11.5. The van der Waals surface area contributed by atoms with Crippen molar-refractivity contribution in [2.75, 3.05) is 0 Å². The van der Waals surface area contributed by atoms with Gasteiger partial charge in [-0.2, -0.15) is 0 Å². The van der Waals surface area contributed by atoms with Gasteiger partial charge < -0.3 is 9.13 Å². The van der Waals surface area contributed by atoms with Crippen molar-refractivity contribution < 1.29 is 4.39 Å². The second-order valence-corrected chi connectivity index (χ2v) is 9.43. The lowest BCUT2D eigenvalue weighted by Crippen LogP contribution is -2.28. The van der Waals surface area contributed by atoms with Crippen molar-refractivity contribution >= 4 is 33.8 Å². The van der Waals surface area contributed by atoms with Crippen LogP contribution in [0.25, 0.3) is 21.3 Å². The molecule has 8 heteroatoms. The van der Waals surface area contributed by atoms with Gasteiger partial charge in [-0.25, -0.2) is 9.37 Å². The van der Waals surface area contributed by atoms with Gasteiger partial charge in [0.2, 0.25) is 5.67 Å². The zero-order valence-electron chi connectivity index (χ0n) is 18.2. The van der Waals surface area contributed by atoms with E-state index >= 15 is 4.39 Å². The maximum absolute atomic E-state index is 17.2. The van der Waals surface area contributed by atoms with E-state index in [9.17, 15) is 4.79 Å². The Balaban J connectivity index is 1.83. The minimum absolute atomic E-state index is 0.144. The molecule has 0 saturated heterocycles. The molecule has 0 amide bonds. The van der Waals surface area contributed by atoms with Crippen LogP contribution in [0.1, 0.15) is 22.5 Å². The quantitative estimate of drug-likeness (QED) is 0.337. The van der Waals surface area contributed by atoms with Gasteiger partial charge in [-0.05, 0) is 42.1 Å². The van der Waals surface area contributed by atoms with Gasteiger partial charge in [-0.3, -0.25) is 9.78 Å². The van der Waals surface area contributed by atoms with Crippen LogP contribution >= 0.6 is 22.9 Å². The lowest BCUT2D eigenvalue weighted by molar-refractivity contribution is 0.260. The van der Waals surface area contributed by atoms with Gasteiger partial charge >= 0.3 is 0 Å². The largest absolute Gasteiger partial charge is 0.334 e. The number of aromatic nitrogens is 4. The topological polar surface area (TPSA) is 52.7 Å². The summed E-state index contributed by atoms with van der Waals surface area (Å²) in [5.74, 6) is 0. The smallest absolute Gasteiger partial charge is 0.251 e. The number of nitrogens with zero attached hydrogens (tertiary/aromatic N) is 4. The first-order valence-electron chi connectivity index (χ1n) is 10.3. The molecule has 1 atom stereocenters. The van der Waals surface area contributed by atoms with E-state index in [0.29, 0.717) is 21.8 Å². The average molecular weight is 479 g/mol. The number of benzene rings is 1. The standard InChI is InChI=1S/C25H20ClFN4OS/c1-15-8-21(33-13-15)19-10-24(32)31(3)20-11-29-22(9-18(19)20)25(27,23-12-28-14-30(23)2)16-4-6-17(26)7-5-16/h4-14H,1-3H3/t25-/m1/s1. The van der Waals surface area contributed by atoms with E-state index in [-0.39, 0.29) is 11.3 Å². The van der Waals surface area contributed by atoms with Gasteiger partial charge in [0.25, 0.3) is 5.56 Å². The normalized spacial score (nSPS) is 13.4. The third-order valence-corrected chi connectivity index (χ3v) is 7.23. The van der Waals surface area contributed by atoms with Crippen molar-refractivity contribution in [3.05, 3.63) is 104 Å². The molecular weight excluding hydrogens is 459 g/mol. The van der Waals surface area contributed by atoms with Gasteiger partial charge in [-0.1, -0.05) is 23.7 Å². The summed E-state index contributed by atoms with van der Waals surface area (Å²) in [5, 5.41) is 3.30. The van der Waals surface area contributed by atoms with E-state index < -0.39 is 5.67 Å². The van der Waals surface area contributed by atoms with Gasteiger partial charge in [0.05, 0.1) is 35.6 Å². The van der Waals surface area contributed by atoms with Crippen LogP contribution in [0.2, 0.25) is 5.02 Å². The molecule has 33 heavy (non-hydrogen) atoms. The molecule has 0 saturated carbocycles. The second kappa shape index (κ2) is 7.93. The number of fused-ring (bicyclic) bond motifs is 1. The zero-order valence-corrected chi connectivity index (χ0v) is 19.8. The minimum Gasteiger partial charge on any atom is -0.334 e. The predicted octanol–water partition coefficient (Wildman–Crippen LogP) is 5.62. The molecule has 0 spiro atoms. The van der Waals surface area contributed by atoms with E-state index in [0.717, 1.165) is 21.4 Å². The highest BCUT2D eigenvalue weighted by atomic mass is 35.5. The van der Waals surface area contributed by atoms with Gasteiger partial charge in [0.1, 0.15) is 0 Å². The average Bonchev–Trinajstić information content (AvgIpc) is 3.44. The van der Waals surface area contributed by atoms with Gasteiger partial charge in [0, 0.05) is 46.6 Å². The van der Waals surface area contributed by atoms with Crippen molar-refractivity contribution in [2.24, 2.45) is 14.1 Å². The third kappa shape index (κ3) is 3.48. The Labute approximate surface area is 198 Å².